The van der Waals surface area contributed by atoms with Crippen LogP contribution >= 0.6 is 0 Å². The summed E-state index contributed by atoms with van der Waals surface area (Å²) in [5.41, 5.74) is -1.24. The zero-order valence-corrected chi connectivity index (χ0v) is 17.5. The van der Waals surface area contributed by atoms with Crippen LogP contribution in [0.5, 0.6) is 0 Å². The van der Waals surface area contributed by atoms with Gasteiger partial charge in [-0.2, -0.15) is 0 Å². The van der Waals surface area contributed by atoms with Crippen molar-refractivity contribution < 1.29 is 38.1 Å². The topological polar surface area (TPSA) is 102 Å². The van der Waals surface area contributed by atoms with Crippen LogP contribution in [0.25, 0.3) is 0 Å². The number of allylic oxidation sites excluding steroid dienone is 1. The van der Waals surface area contributed by atoms with Gasteiger partial charge in [-0.1, -0.05) is 42.5 Å². The van der Waals surface area contributed by atoms with Gasteiger partial charge in [0.1, 0.15) is 12.6 Å². The Kier molecular flexibility index (Phi) is 9.45. The number of hydrogen-bond donors (Lipinski definition) is 1. The Hall–Kier alpha value is -2.94. The maximum Gasteiger partial charge on any atom is 0.408 e. The van der Waals surface area contributed by atoms with Crippen molar-refractivity contribution in [1.82, 2.24) is 4.90 Å². The highest BCUT2D eigenvalue weighted by molar-refractivity contribution is 5.82. The minimum Gasteiger partial charge on any atom is -0.466 e. The third kappa shape index (κ3) is 8.01. The SMILES string of the molecule is CCOC(=O)CC/C=C/COC[C@@]1(F)C[C@@H](C(=O)OCc2ccccc2)N(C(=O)O)C1. The average molecular weight is 437 g/mol. The number of esters is 2. The van der Waals surface area contributed by atoms with E-state index in [0.717, 1.165) is 10.5 Å². The van der Waals surface area contributed by atoms with E-state index >= 15 is 4.39 Å². The van der Waals surface area contributed by atoms with Gasteiger partial charge < -0.3 is 19.3 Å². The normalized spacial score (nSPS) is 20.7. The molecule has 1 aliphatic heterocycles. The largest absolute Gasteiger partial charge is 0.466 e. The predicted molar refractivity (Wildman–Crippen MR) is 109 cm³/mol. The first-order valence-electron chi connectivity index (χ1n) is 10.1. The van der Waals surface area contributed by atoms with Crippen molar-refractivity contribution in [2.75, 3.05) is 26.4 Å². The van der Waals surface area contributed by atoms with Gasteiger partial charge in [-0.15, -0.1) is 0 Å². The van der Waals surface area contributed by atoms with Gasteiger partial charge in [0.2, 0.25) is 0 Å². The maximum atomic E-state index is 15.1. The van der Waals surface area contributed by atoms with Crippen LogP contribution in [0.2, 0.25) is 0 Å². The van der Waals surface area contributed by atoms with Crippen LogP contribution in [-0.2, 0) is 30.4 Å². The molecule has 0 radical (unpaired) electrons. The van der Waals surface area contributed by atoms with Crippen LogP contribution in [0.4, 0.5) is 9.18 Å². The molecule has 1 fully saturated rings. The molecule has 0 spiro atoms. The number of carboxylic acid groups (broad SMARTS) is 1. The second kappa shape index (κ2) is 12.0. The Balaban J connectivity index is 1.80. The third-order valence-corrected chi connectivity index (χ3v) is 4.69. The minimum atomic E-state index is -1.99. The van der Waals surface area contributed by atoms with Gasteiger partial charge in [-0.3, -0.25) is 9.69 Å². The first-order chi connectivity index (χ1) is 14.8. The van der Waals surface area contributed by atoms with E-state index in [-0.39, 0.29) is 38.6 Å². The molecular formula is C22H28FNO7. The molecule has 0 aliphatic carbocycles. The Morgan fingerprint density at radius 3 is 2.65 bits per heavy atom. The van der Waals surface area contributed by atoms with E-state index in [1.54, 1.807) is 43.3 Å². The summed E-state index contributed by atoms with van der Waals surface area (Å²) in [7, 11) is 0. The quantitative estimate of drug-likeness (QED) is 0.322. The predicted octanol–water partition coefficient (Wildman–Crippen LogP) is 3.11. The van der Waals surface area contributed by atoms with Crippen LogP contribution in [0.15, 0.2) is 42.5 Å². The lowest BCUT2D eigenvalue weighted by atomic mass is 10.0. The van der Waals surface area contributed by atoms with Gasteiger partial charge >= 0.3 is 18.0 Å². The summed E-state index contributed by atoms with van der Waals surface area (Å²) in [6, 6.07) is 7.71. The van der Waals surface area contributed by atoms with Crippen molar-refractivity contribution in [3.8, 4) is 0 Å². The van der Waals surface area contributed by atoms with Crippen molar-refractivity contribution in [1.29, 1.82) is 0 Å². The minimum absolute atomic E-state index is 0.0178. The first-order valence-corrected chi connectivity index (χ1v) is 10.1. The second-order valence-corrected chi connectivity index (χ2v) is 7.20. The molecule has 1 heterocycles. The number of ether oxygens (including phenoxy) is 3. The van der Waals surface area contributed by atoms with Crippen LogP contribution in [-0.4, -0.2) is 66.1 Å². The molecule has 2 atom stereocenters. The van der Waals surface area contributed by atoms with Crippen molar-refractivity contribution in [3.05, 3.63) is 48.0 Å². The molecule has 1 N–H and O–H groups in total. The number of nitrogens with zero attached hydrogens (tertiary/aromatic N) is 1. The lowest BCUT2D eigenvalue weighted by Gasteiger charge is -2.20. The van der Waals surface area contributed by atoms with Gasteiger partial charge in [-0.05, 0) is 18.9 Å². The highest BCUT2D eigenvalue weighted by Crippen LogP contribution is 2.32. The Morgan fingerprint density at radius 2 is 1.97 bits per heavy atom. The number of hydrogen-bond acceptors (Lipinski definition) is 6. The first kappa shape index (κ1) is 24.3. The van der Waals surface area contributed by atoms with E-state index in [1.165, 1.54) is 0 Å². The second-order valence-electron chi connectivity index (χ2n) is 7.20. The molecule has 2 rings (SSSR count). The number of carbonyl (C=O) groups is 3. The number of benzene rings is 1. The molecule has 8 nitrogen and oxygen atoms in total. The van der Waals surface area contributed by atoms with Crippen LogP contribution in [0.3, 0.4) is 0 Å². The molecular weight excluding hydrogens is 409 g/mol. The number of rotatable bonds is 11. The number of likely N-dealkylation sites (tertiary alicyclic amines) is 1. The number of carbonyl (C=O) groups excluding carboxylic acids is 2. The number of halogens is 1. The molecule has 170 valence electrons. The summed E-state index contributed by atoms with van der Waals surface area (Å²) in [5, 5.41) is 9.36. The zero-order valence-electron chi connectivity index (χ0n) is 17.5. The summed E-state index contributed by atoms with van der Waals surface area (Å²) in [4.78, 5) is 35.9. The summed E-state index contributed by atoms with van der Waals surface area (Å²) in [6.45, 7) is 1.32. The molecule has 0 unspecified atom stereocenters. The van der Waals surface area contributed by atoms with E-state index in [9.17, 15) is 19.5 Å². The van der Waals surface area contributed by atoms with Crippen LogP contribution in [0.1, 0.15) is 31.7 Å². The van der Waals surface area contributed by atoms with Gasteiger partial charge in [0.25, 0.3) is 0 Å². The fourth-order valence-corrected chi connectivity index (χ4v) is 3.21. The van der Waals surface area contributed by atoms with E-state index in [0.29, 0.717) is 13.0 Å². The molecule has 9 heteroatoms. The standard InChI is InChI=1S/C22H28FNO7/c1-2-30-19(25)11-7-4-8-12-29-16-22(23)13-18(24(15-22)21(27)28)20(26)31-14-17-9-5-3-6-10-17/h3-6,8-10,18H,2,7,11-16H2,1H3,(H,27,28)/b8-4+/t18-,22+/m0/s1. The number of alkyl halides is 1. The van der Waals surface area contributed by atoms with Crippen LogP contribution < -0.4 is 0 Å². The van der Waals surface area contributed by atoms with Crippen molar-refractivity contribution in [2.24, 2.45) is 0 Å². The van der Waals surface area contributed by atoms with Gasteiger partial charge in [0.15, 0.2) is 5.67 Å². The van der Waals surface area contributed by atoms with Crippen molar-refractivity contribution in [3.63, 3.8) is 0 Å². The Labute approximate surface area is 180 Å². The molecule has 1 amide bonds. The monoisotopic (exact) mass is 437 g/mol. The molecule has 31 heavy (non-hydrogen) atoms. The fourth-order valence-electron chi connectivity index (χ4n) is 3.21. The lowest BCUT2D eigenvalue weighted by Crippen LogP contribution is -2.41. The molecule has 1 aromatic carbocycles. The molecule has 1 aromatic rings. The Morgan fingerprint density at radius 1 is 1.23 bits per heavy atom. The third-order valence-electron chi connectivity index (χ3n) is 4.69. The summed E-state index contributed by atoms with van der Waals surface area (Å²) < 4.78 is 30.4. The fraction of sp³-hybridized carbons (Fsp3) is 0.500. The zero-order chi connectivity index (χ0) is 22.7. The van der Waals surface area contributed by atoms with Crippen molar-refractivity contribution >= 4 is 18.0 Å². The maximum absolute atomic E-state index is 15.1. The summed E-state index contributed by atoms with van der Waals surface area (Å²) in [5.74, 6) is -1.08. The van der Waals surface area contributed by atoms with Gasteiger partial charge in [0.05, 0.1) is 26.4 Å². The number of amides is 1. The molecule has 0 saturated carbocycles. The van der Waals surface area contributed by atoms with Gasteiger partial charge in [-0.25, -0.2) is 14.0 Å². The highest BCUT2D eigenvalue weighted by atomic mass is 19.1. The highest BCUT2D eigenvalue weighted by Gasteiger charge is 2.50. The van der Waals surface area contributed by atoms with E-state index in [4.69, 9.17) is 14.2 Å². The molecule has 1 aliphatic rings. The Bertz CT molecular complexity index is 770. The lowest BCUT2D eigenvalue weighted by molar-refractivity contribution is -0.150. The smallest absolute Gasteiger partial charge is 0.408 e. The van der Waals surface area contributed by atoms with Gasteiger partial charge in [0, 0.05) is 12.8 Å². The van der Waals surface area contributed by atoms with Crippen molar-refractivity contribution in [2.45, 2.75) is 44.5 Å². The average Bonchev–Trinajstić information content (AvgIpc) is 3.10. The molecule has 1 saturated heterocycles. The van der Waals surface area contributed by atoms with E-state index in [1.807, 2.05) is 6.07 Å². The molecule has 0 bridgehead atoms. The molecule has 0 aromatic heterocycles. The van der Waals surface area contributed by atoms with E-state index < -0.39 is 30.3 Å². The summed E-state index contributed by atoms with van der Waals surface area (Å²) >= 11 is 0. The summed E-state index contributed by atoms with van der Waals surface area (Å²) in [6.07, 6.45) is 2.38. The van der Waals surface area contributed by atoms with E-state index in [2.05, 4.69) is 0 Å². The van der Waals surface area contributed by atoms with Crippen LogP contribution in [0, 0.1) is 0 Å².